The molecule has 0 radical (unpaired) electrons. The van der Waals surface area contributed by atoms with Crippen LogP contribution in [0.5, 0.6) is 0 Å². The molecule has 0 nitrogen and oxygen atoms in total. The molecule has 0 saturated carbocycles. The average Bonchev–Trinajstić information content (AvgIpc) is 2.26. The van der Waals surface area contributed by atoms with Crippen LogP contribution in [0.15, 0.2) is 73.4 Å². The van der Waals surface area contributed by atoms with Crippen molar-refractivity contribution in [1.29, 1.82) is 0 Å². The van der Waals surface area contributed by atoms with Gasteiger partial charge in [0.1, 0.15) is 0 Å². The van der Waals surface area contributed by atoms with Crippen LogP contribution in [-0.2, 0) is 0 Å². The normalized spacial score (nSPS) is 10.9. The van der Waals surface area contributed by atoms with E-state index in [9.17, 15) is 0 Å². The summed E-state index contributed by atoms with van der Waals surface area (Å²) >= 11 is 0. The minimum Gasteiger partial charge on any atom is -0.0990 e. The zero-order valence-electron chi connectivity index (χ0n) is 9.16. The third-order valence-electron chi connectivity index (χ3n) is 2.21. The molecule has 0 heteroatoms. The second kappa shape index (κ2) is 5.16. The summed E-state index contributed by atoms with van der Waals surface area (Å²) in [6.07, 6.45) is 3.74. The molecule has 0 spiro atoms. The highest BCUT2D eigenvalue weighted by molar-refractivity contribution is 5.83. The summed E-state index contributed by atoms with van der Waals surface area (Å²) in [6.45, 7) is 13.6. The predicted octanol–water partition coefficient (Wildman–Crippen LogP) is 4.39. The summed E-state index contributed by atoms with van der Waals surface area (Å²) in [7, 11) is 0. The molecule has 15 heavy (non-hydrogen) atoms. The summed E-state index contributed by atoms with van der Waals surface area (Å²) < 4.78 is 0. The topological polar surface area (TPSA) is 0 Å². The van der Waals surface area contributed by atoms with Crippen LogP contribution in [-0.4, -0.2) is 0 Å². The van der Waals surface area contributed by atoms with Gasteiger partial charge in [0.05, 0.1) is 0 Å². The molecule has 1 aromatic carbocycles. The first-order valence-electron chi connectivity index (χ1n) is 4.90. The third kappa shape index (κ3) is 2.81. The molecule has 0 N–H and O–H groups in total. The molecule has 1 aromatic rings. The smallest absolute Gasteiger partial charge is 0.0115 e. The van der Waals surface area contributed by atoms with E-state index >= 15 is 0 Å². The molecule has 0 aliphatic heterocycles. The lowest BCUT2D eigenvalue weighted by Crippen LogP contribution is -1.89. The Morgan fingerprint density at radius 1 is 1.13 bits per heavy atom. The Balaban J connectivity index is 3.16. The molecule has 0 aliphatic carbocycles. The SMILES string of the molecule is C=C/C=C(\C(=C)C(=C)C)c1ccccc1. The monoisotopic (exact) mass is 196 g/mol. The van der Waals surface area contributed by atoms with Gasteiger partial charge in [0.15, 0.2) is 0 Å². The van der Waals surface area contributed by atoms with Gasteiger partial charge in [0, 0.05) is 0 Å². The Morgan fingerprint density at radius 3 is 2.20 bits per heavy atom. The summed E-state index contributed by atoms with van der Waals surface area (Å²) in [5.41, 5.74) is 4.16. The zero-order chi connectivity index (χ0) is 11.3. The lowest BCUT2D eigenvalue weighted by atomic mass is 9.95. The molecule has 0 bridgehead atoms. The molecule has 1 rings (SSSR count). The van der Waals surface area contributed by atoms with Gasteiger partial charge in [0.2, 0.25) is 0 Å². The van der Waals surface area contributed by atoms with E-state index in [1.807, 2.05) is 31.2 Å². The maximum absolute atomic E-state index is 4.03. The van der Waals surface area contributed by atoms with Gasteiger partial charge in [-0.05, 0) is 23.6 Å². The van der Waals surface area contributed by atoms with Gasteiger partial charge < -0.3 is 0 Å². The number of allylic oxidation sites excluding steroid dienone is 5. The summed E-state index contributed by atoms with van der Waals surface area (Å²) in [5.74, 6) is 0. The minimum absolute atomic E-state index is 0.959. The van der Waals surface area contributed by atoms with Crippen molar-refractivity contribution in [3.63, 3.8) is 0 Å². The Morgan fingerprint density at radius 2 is 1.73 bits per heavy atom. The highest BCUT2D eigenvalue weighted by atomic mass is 14.1. The van der Waals surface area contributed by atoms with Gasteiger partial charge in [-0.15, -0.1) is 0 Å². The van der Waals surface area contributed by atoms with Crippen LogP contribution in [0.4, 0.5) is 0 Å². The first-order chi connectivity index (χ1) is 7.16. The molecule has 0 atom stereocenters. The van der Waals surface area contributed by atoms with Crippen LogP contribution in [0.2, 0.25) is 0 Å². The number of hydrogen-bond acceptors (Lipinski definition) is 0. The second-order valence-electron chi connectivity index (χ2n) is 3.44. The average molecular weight is 196 g/mol. The van der Waals surface area contributed by atoms with Gasteiger partial charge in [-0.25, -0.2) is 0 Å². The van der Waals surface area contributed by atoms with Crippen molar-refractivity contribution in [2.45, 2.75) is 6.92 Å². The Labute approximate surface area is 92.0 Å². The highest BCUT2D eigenvalue weighted by Crippen LogP contribution is 2.25. The number of hydrogen-bond donors (Lipinski definition) is 0. The van der Waals surface area contributed by atoms with Gasteiger partial charge >= 0.3 is 0 Å². The fourth-order valence-electron chi connectivity index (χ4n) is 1.34. The van der Waals surface area contributed by atoms with Crippen LogP contribution in [0.25, 0.3) is 5.57 Å². The van der Waals surface area contributed by atoms with Crippen LogP contribution < -0.4 is 0 Å². The van der Waals surface area contributed by atoms with E-state index in [1.54, 1.807) is 6.08 Å². The predicted molar refractivity (Wildman–Crippen MR) is 68.6 cm³/mol. The van der Waals surface area contributed by atoms with Gasteiger partial charge in [0.25, 0.3) is 0 Å². The van der Waals surface area contributed by atoms with Crippen molar-refractivity contribution in [3.05, 3.63) is 78.9 Å². The maximum atomic E-state index is 4.03. The molecule has 76 valence electrons. The van der Waals surface area contributed by atoms with E-state index in [-0.39, 0.29) is 0 Å². The standard InChI is InChI=1S/C15H16/c1-5-9-15(13(4)12(2)3)14-10-7-6-8-11-14/h5-11H,1-2,4H2,3H3/b15-9+. The maximum Gasteiger partial charge on any atom is -0.0115 e. The Hall–Kier alpha value is -1.82. The molecule has 0 unspecified atom stereocenters. The largest absolute Gasteiger partial charge is 0.0990 e. The Kier molecular flexibility index (Phi) is 3.87. The molecule has 0 aromatic heterocycles. The van der Waals surface area contributed by atoms with Gasteiger partial charge in [-0.3, -0.25) is 0 Å². The van der Waals surface area contributed by atoms with Crippen molar-refractivity contribution >= 4 is 5.57 Å². The fourth-order valence-corrected chi connectivity index (χ4v) is 1.34. The molecule has 0 amide bonds. The van der Waals surface area contributed by atoms with Gasteiger partial charge in [-0.2, -0.15) is 0 Å². The fraction of sp³-hybridized carbons (Fsp3) is 0.0667. The third-order valence-corrected chi connectivity index (χ3v) is 2.21. The van der Waals surface area contributed by atoms with E-state index in [0.29, 0.717) is 0 Å². The van der Waals surface area contributed by atoms with Crippen molar-refractivity contribution in [2.75, 3.05) is 0 Å². The van der Waals surface area contributed by atoms with Crippen LogP contribution >= 0.6 is 0 Å². The van der Waals surface area contributed by atoms with Crippen molar-refractivity contribution in [3.8, 4) is 0 Å². The van der Waals surface area contributed by atoms with Crippen molar-refractivity contribution in [1.82, 2.24) is 0 Å². The van der Waals surface area contributed by atoms with Crippen LogP contribution in [0.3, 0.4) is 0 Å². The molecular formula is C15H16. The van der Waals surface area contributed by atoms with E-state index in [1.165, 1.54) is 0 Å². The van der Waals surface area contributed by atoms with Crippen LogP contribution in [0, 0.1) is 0 Å². The second-order valence-corrected chi connectivity index (χ2v) is 3.44. The van der Waals surface area contributed by atoms with E-state index < -0.39 is 0 Å². The van der Waals surface area contributed by atoms with E-state index in [0.717, 1.165) is 22.3 Å². The summed E-state index contributed by atoms with van der Waals surface area (Å²) in [6, 6.07) is 10.1. The van der Waals surface area contributed by atoms with E-state index in [4.69, 9.17) is 0 Å². The summed E-state index contributed by atoms with van der Waals surface area (Å²) in [5, 5.41) is 0. The lowest BCUT2D eigenvalue weighted by molar-refractivity contribution is 1.46. The summed E-state index contributed by atoms with van der Waals surface area (Å²) in [4.78, 5) is 0. The number of rotatable bonds is 4. The van der Waals surface area contributed by atoms with Crippen molar-refractivity contribution < 1.29 is 0 Å². The molecule has 0 fully saturated rings. The first kappa shape index (κ1) is 11.3. The minimum atomic E-state index is 0.959. The molecule has 0 aliphatic rings. The van der Waals surface area contributed by atoms with Crippen molar-refractivity contribution in [2.24, 2.45) is 0 Å². The number of benzene rings is 1. The molecular weight excluding hydrogens is 180 g/mol. The van der Waals surface area contributed by atoms with Gasteiger partial charge in [-0.1, -0.05) is 67.8 Å². The van der Waals surface area contributed by atoms with Crippen LogP contribution in [0.1, 0.15) is 12.5 Å². The highest BCUT2D eigenvalue weighted by Gasteiger charge is 2.04. The molecule has 0 heterocycles. The van der Waals surface area contributed by atoms with E-state index in [2.05, 4.69) is 31.9 Å². The molecule has 0 saturated heterocycles. The Bertz CT molecular complexity index is 405. The zero-order valence-corrected chi connectivity index (χ0v) is 9.16. The first-order valence-corrected chi connectivity index (χ1v) is 4.90. The lowest BCUT2D eigenvalue weighted by Gasteiger charge is -2.10. The quantitative estimate of drug-likeness (QED) is 0.626.